The topological polar surface area (TPSA) is 195 Å². The Balaban J connectivity index is 1.04. The highest BCUT2D eigenvalue weighted by Crippen LogP contribution is 2.52. The van der Waals surface area contributed by atoms with E-state index in [1.165, 1.54) is 11.3 Å². The third-order valence-corrected chi connectivity index (χ3v) is 16.8. The van der Waals surface area contributed by atoms with E-state index in [1.807, 2.05) is 43.3 Å². The fourth-order valence-corrected chi connectivity index (χ4v) is 11.5. The Labute approximate surface area is 363 Å². The van der Waals surface area contributed by atoms with Crippen molar-refractivity contribution in [3.05, 3.63) is 36.4 Å². The summed E-state index contributed by atoms with van der Waals surface area (Å²) in [6, 6.07) is 5.42. The molecule has 2 saturated heterocycles. The van der Waals surface area contributed by atoms with Crippen molar-refractivity contribution < 1.29 is 46.5 Å². The molecule has 4 heterocycles. The number of hydrogen-bond donors (Lipinski definition) is 3. The molecule has 1 aromatic carbocycles. The zero-order chi connectivity index (χ0) is 43.6. The Kier molecular flexibility index (Phi) is 11.3. The molecule has 9 rings (SSSR count). The fraction of sp³-hybridized carbons (Fsp3) is 0.667. The van der Waals surface area contributed by atoms with Crippen LogP contribution in [0.3, 0.4) is 0 Å². The van der Waals surface area contributed by atoms with Crippen LogP contribution in [-0.2, 0) is 33.9 Å². The Bertz CT molecular complexity index is 2240. The first-order chi connectivity index (χ1) is 29.6. The summed E-state index contributed by atoms with van der Waals surface area (Å²) < 4.78 is 51.7. The first kappa shape index (κ1) is 42.7. The normalized spacial score (nSPS) is 34.6. The second-order valence-electron chi connectivity index (χ2n) is 19.3. The SMILES string of the molecule is COc1ccc2c(O[C@@H]3C[C@H]4C(=O)N[C@]5(C(=O)NS(=O)(=O)C6(C)CC6)C[C@H]5/C=C\CC[C@@H](C)C[C@@H](C)[C@H](NC(=O)O[C@@H]5C[C@@H]6C[C@@H]6C5)C(=O)N4C3)nc(N3CCOCC3)cc2c1. The van der Waals surface area contributed by atoms with Crippen molar-refractivity contribution in [3.63, 3.8) is 0 Å². The van der Waals surface area contributed by atoms with Gasteiger partial charge in [-0.15, -0.1) is 0 Å². The molecule has 17 heteroatoms. The van der Waals surface area contributed by atoms with Gasteiger partial charge in [-0.05, 0) is 118 Å². The zero-order valence-corrected chi connectivity index (χ0v) is 36.9. The lowest BCUT2D eigenvalue weighted by atomic mass is 9.88. The number of benzene rings is 1. The summed E-state index contributed by atoms with van der Waals surface area (Å²) in [6.45, 7) is 8.00. The number of carbonyl (C=O) groups excluding carboxylic acids is 4. The second kappa shape index (κ2) is 16.5. The maximum absolute atomic E-state index is 15.1. The van der Waals surface area contributed by atoms with Gasteiger partial charge in [0.1, 0.15) is 41.4 Å². The Hall–Kier alpha value is -4.64. The summed E-state index contributed by atoms with van der Waals surface area (Å²) in [7, 11) is -2.41. The molecule has 2 aromatic rings. The molecule has 10 atom stereocenters. The number of morpholine rings is 1. The van der Waals surface area contributed by atoms with Gasteiger partial charge in [-0.1, -0.05) is 26.0 Å². The summed E-state index contributed by atoms with van der Waals surface area (Å²) in [6.07, 6.45) is 8.30. The zero-order valence-electron chi connectivity index (χ0n) is 36.1. The average Bonchev–Trinajstić information content (AvgIpc) is 4.21. The summed E-state index contributed by atoms with van der Waals surface area (Å²) in [4.78, 5) is 66.1. The van der Waals surface area contributed by atoms with Crippen molar-refractivity contribution in [2.24, 2.45) is 29.6 Å². The minimum Gasteiger partial charge on any atom is -0.497 e. The molecular weight excluding hydrogens is 817 g/mol. The Morgan fingerprint density at radius 1 is 1.00 bits per heavy atom. The summed E-state index contributed by atoms with van der Waals surface area (Å²) in [5.74, 6) is 0.376. The third kappa shape index (κ3) is 8.55. The van der Waals surface area contributed by atoms with Crippen LogP contribution in [-0.4, -0.2) is 117 Å². The van der Waals surface area contributed by atoms with Crippen molar-refractivity contribution in [2.45, 2.75) is 120 Å². The van der Waals surface area contributed by atoms with Crippen LogP contribution < -0.4 is 29.7 Å². The summed E-state index contributed by atoms with van der Waals surface area (Å²) in [5.41, 5.74) is -1.54. The van der Waals surface area contributed by atoms with E-state index >= 15 is 4.79 Å². The van der Waals surface area contributed by atoms with Gasteiger partial charge in [0.2, 0.25) is 27.7 Å². The lowest BCUT2D eigenvalue weighted by Crippen LogP contribution is -2.59. The van der Waals surface area contributed by atoms with E-state index < -0.39 is 68.2 Å². The van der Waals surface area contributed by atoms with Gasteiger partial charge >= 0.3 is 6.09 Å². The van der Waals surface area contributed by atoms with E-state index in [-0.39, 0.29) is 37.3 Å². The van der Waals surface area contributed by atoms with Gasteiger partial charge in [0, 0.05) is 30.8 Å². The number of alkyl carbamates (subject to hydrolysis) is 1. The molecule has 0 unspecified atom stereocenters. The van der Waals surface area contributed by atoms with Crippen LogP contribution in [0.5, 0.6) is 11.6 Å². The molecule has 3 N–H and O–H groups in total. The first-order valence-corrected chi connectivity index (χ1v) is 23.9. The summed E-state index contributed by atoms with van der Waals surface area (Å²) in [5, 5.41) is 7.44. The molecule has 7 aliphatic rings. The van der Waals surface area contributed by atoms with Gasteiger partial charge < -0.3 is 39.4 Å². The number of amides is 4. The molecular formula is C45H60N6O10S. The third-order valence-electron chi connectivity index (χ3n) is 14.6. The van der Waals surface area contributed by atoms with Crippen molar-refractivity contribution >= 4 is 50.4 Å². The molecule has 336 valence electrons. The number of rotatable bonds is 9. The largest absolute Gasteiger partial charge is 0.497 e. The maximum atomic E-state index is 15.1. The monoisotopic (exact) mass is 876 g/mol. The van der Waals surface area contributed by atoms with Crippen molar-refractivity contribution in [3.8, 4) is 11.6 Å². The highest BCUT2D eigenvalue weighted by atomic mass is 32.2. The number of pyridine rings is 1. The molecule has 4 saturated carbocycles. The fourth-order valence-electron chi connectivity index (χ4n) is 10.2. The Morgan fingerprint density at radius 3 is 2.48 bits per heavy atom. The van der Waals surface area contributed by atoms with Gasteiger partial charge in [-0.25, -0.2) is 13.2 Å². The number of allylic oxidation sites excluding steroid dienone is 1. The molecule has 3 aliphatic heterocycles. The molecule has 0 radical (unpaired) electrons. The molecule has 1 aromatic heterocycles. The van der Waals surface area contributed by atoms with Gasteiger partial charge in [0.15, 0.2) is 0 Å². The lowest BCUT2D eigenvalue weighted by Gasteiger charge is -2.33. The predicted molar refractivity (Wildman–Crippen MR) is 229 cm³/mol. The minimum absolute atomic E-state index is 0.0191. The molecule has 6 fully saturated rings. The predicted octanol–water partition coefficient (Wildman–Crippen LogP) is 4.21. The smallest absolute Gasteiger partial charge is 0.408 e. The number of carbonyl (C=O) groups is 4. The highest BCUT2D eigenvalue weighted by Gasteiger charge is 2.63. The highest BCUT2D eigenvalue weighted by molar-refractivity contribution is 7.91. The molecule has 4 aliphatic carbocycles. The van der Waals surface area contributed by atoms with E-state index in [9.17, 15) is 22.8 Å². The molecule has 0 spiro atoms. The van der Waals surface area contributed by atoms with Crippen LogP contribution in [0.25, 0.3) is 10.8 Å². The standard InChI is InChI=1S/C45H60N6O10S/c1-26-7-5-6-8-31-24-45(31,42(54)49-62(56,57)44(3)11-12-44)48-39(52)36-23-34(25-51(36)41(53)38(27(2)17-26)47-43(55)61-33-19-28-18-29(28)20-33)60-40-35-10-9-32(58-4)21-30(35)22-37(46-40)50-13-15-59-16-14-50/h6,8-10,21-22,26-29,31,33-34,36,38H,5,7,11-20,23-25H2,1-4H3,(H,47,55)(H,48,52)(H,49,54)/b8-6-/t26-,27-,28-,29+,31-,33+,34-,36+,38+,45-/m1/s1. The number of fused-ring (bicyclic) bond motifs is 4. The van der Waals surface area contributed by atoms with Gasteiger partial charge in [0.05, 0.1) is 31.6 Å². The van der Waals surface area contributed by atoms with Crippen LogP contribution in [0, 0.1) is 29.6 Å². The van der Waals surface area contributed by atoms with E-state index in [0.29, 0.717) is 86.7 Å². The number of methoxy groups -OCH3 is 1. The lowest BCUT2D eigenvalue weighted by molar-refractivity contribution is -0.142. The molecule has 4 amide bonds. The van der Waals surface area contributed by atoms with E-state index in [4.69, 9.17) is 23.9 Å². The number of sulfonamides is 1. The van der Waals surface area contributed by atoms with Gasteiger partial charge in [-0.3, -0.25) is 19.1 Å². The average molecular weight is 877 g/mol. The van der Waals surface area contributed by atoms with E-state index in [0.717, 1.165) is 24.6 Å². The van der Waals surface area contributed by atoms with Crippen LogP contribution in [0.2, 0.25) is 0 Å². The molecule has 16 nitrogen and oxygen atoms in total. The van der Waals surface area contributed by atoms with E-state index in [1.54, 1.807) is 14.0 Å². The Morgan fingerprint density at radius 2 is 1.76 bits per heavy atom. The minimum atomic E-state index is -4.01. The van der Waals surface area contributed by atoms with Gasteiger partial charge in [-0.2, -0.15) is 4.98 Å². The number of hydrogen-bond acceptors (Lipinski definition) is 12. The maximum Gasteiger partial charge on any atom is 0.408 e. The number of nitrogens with one attached hydrogen (secondary N) is 3. The molecule has 0 bridgehead atoms. The molecule has 62 heavy (non-hydrogen) atoms. The number of nitrogens with zero attached hydrogens (tertiary/aromatic N) is 3. The number of anilines is 1. The summed E-state index contributed by atoms with van der Waals surface area (Å²) >= 11 is 0. The number of aromatic nitrogens is 1. The van der Waals surface area contributed by atoms with Crippen LogP contribution in [0.15, 0.2) is 36.4 Å². The first-order valence-electron chi connectivity index (χ1n) is 22.5. The van der Waals surface area contributed by atoms with Crippen LogP contribution in [0.4, 0.5) is 10.6 Å². The van der Waals surface area contributed by atoms with Crippen LogP contribution in [0.1, 0.15) is 85.0 Å². The van der Waals surface area contributed by atoms with Crippen LogP contribution >= 0.6 is 0 Å². The van der Waals surface area contributed by atoms with Crippen molar-refractivity contribution in [1.29, 1.82) is 0 Å². The quantitative estimate of drug-likeness (QED) is 0.305. The van der Waals surface area contributed by atoms with E-state index in [2.05, 4.69) is 27.2 Å². The van der Waals surface area contributed by atoms with Gasteiger partial charge in [0.25, 0.3) is 5.91 Å². The van der Waals surface area contributed by atoms with Crippen molar-refractivity contribution in [2.75, 3.05) is 44.9 Å². The second-order valence-corrected chi connectivity index (χ2v) is 21.5. The van der Waals surface area contributed by atoms with Crippen molar-refractivity contribution in [1.82, 2.24) is 25.2 Å². The number of ether oxygens (including phenoxy) is 4.